The van der Waals surface area contributed by atoms with Crippen molar-refractivity contribution in [3.8, 4) is 5.75 Å². The number of likely N-dealkylation sites (N-methyl/N-ethyl adjacent to an activating group) is 1. The van der Waals surface area contributed by atoms with Crippen LogP contribution in [0.4, 0.5) is 4.79 Å². The predicted molar refractivity (Wildman–Crippen MR) is 96.7 cm³/mol. The first-order chi connectivity index (χ1) is 12.8. The van der Waals surface area contributed by atoms with Gasteiger partial charge in [-0.05, 0) is 43.5 Å². The molecule has 1 fully saturated rings. The summed E-state index contributed by atoms with van der Waals surface area (Å²) < 4.78 is 5.39. The average molecular weight is 376 g/mol. The minimum absolute atomic E-state index is 0.0571. The van der Waals surface area contributed by atoms with Crippen molar-refractivity contribution >= 4 is 23.8 Å². The number of hydrogen-bond acceptors (Lipinski definition) is 5. The molecule has 2 N–H and O–H groups in total. The number of hydrazine groups is 1. The number of urea groups is 1. The van der Waals surface area contributed by atoms with E-state index in [0.29, 0.717) is 12.2 Å². The molecular formula is C18H24N4O5. The maximum atomic E-state index is 11.7. The van der Waals surface area contributed by atoms with Crippen LogP contribution in [0, 0.1) is 13.8 Å². The Bertz CT molecular complexity index is 729. The van der Waals surface area contributed by atoms with Crippen LogP contribution in [-0.4, -0.2) is 60.3 Å². The van der Waals surface area contributed by atoms with Gasteiger partial charge >= 0.3 is 6.03 Å². The Morgan fingerprint density at radius 3 is 2.30 bits per heavy atom. The molecule has 0 radical (unpaired) electrons. The zero-order chi connectivity index (χ0) is 20.0. The highest BCUT2D eigenvalue weighted by Gasteiger charge is 2.32. The Morgan fingerprint density at radius 1 is 1.07 bits per heavy atom. The predicted octanol–water partition coefficient (Wildman–Crippen LogP) is 0.504. The van der Waals surface area contributed by atoms with Gasteiger partial charge in [0.05, 0.1) is 0 Å². The molecule has 2 rings (SSSR count). The second kappa shape index (κ2) is 9.02. The third kappa shape index (κ3) is 5.98. The maximum Gasteiger partial charge on any atom is 0.326 e. The topological polar surface area (TPSA) is 108 Å². The molecule has 0 bridgehead atoms. The largest absolute Gasteiger partial charge is 0.484 e. The van der Waals surface area contributed by atoms with Crippen LogP contribution in [0.1, 0.15) is 24.0 Å². The SMILES string of the molecule is Cc1cc(C)cc(OCC(=O)NNC(=O)CCCN2C(=O)CN(C)C2=O)c1. The third-order valence-electron chi connectivity index (χ3n) is 3.92. The van der Waals surface area contributed by atoms with E-state index in [0.717, 1.165) is 16.0 Å². The maximum absolute atomic E-state index is 11.7. The van der Waals surface area contributed by atoms with Gasteiger partial charge in [-0.1, -0.05) is 6.07 Å². The van der Waals surface area contributed by atoms with Crippen molar-refractivity contribution in [3.05, 3.63) is 29.3 Å². The second-order valence-electron chi connectivity index (χ2n) is 6.50. The van der Waals surface area contributed by atoms with E-state index >= 15 is 0 Å². The van der Waals surface area contributed by atoms with Crippen molar-refractivity contribution < 1.29 is 23.9 Å². The Hall–Kier alpha value is -3.10. The molecule has 9 heteroatoms. The van der Waals surface area contributed by atoms with Crippen molar-refractivity contribution in [3.63, 3.8) is 0 Å². The molecule has 1 aromatic carbocycles. The van der Waals surface area contributed by atoms with E-state index < -0.39 is 11.8 Å². The fourth-order valence-electron chi connectivity index (χ4n) is 2.69. The summed E-state index contributed by atoms with van der Waals surface area (Å²) in [6.45, 7) is 3.86. The number of aryl methyl sites for hydroxylation is 2. The van der Waals surface area contributed by atoms with E-state index in [1.807, 2.05) is 32.0 Å². The summed E-state index contributed by atoms with van der Waals surface area (Å²) in [7, 11) is 1.54. The molecule has 146 valence electrons. The van der Waals surface area contributed by atoms with Crippen molar-refractivity contribution in [2.24, 2.45) is 0 Å². The summed E-state index contributed by atoms with van der Waals surface area (Å²) in [6, 6.07) is 5.26. The molecule has 9 nitrogen and oxygen atoms in total. The molecule has 1 saturated heterocycles. The van der Waals surface area contributed by atoms with Crippen molar-refractivity contribution in [1.82, 2.24) is 20.7 Å². The summed E-state index contributed by atoms with van der Waals surface area (Å²) in [6.07, 6.45) is 0.380. The molecule has 1 aliphatic heterocycles. The van der Waals surface area contributed by atoms with E-state index in [1.54, 1.807) is 7.05 Å². The lowest BCUT2D eigenvalue weighted by atomic mass is 10.1. The lowest BCUT2D eigenvalue weighted by Gasteiger charge is -2.14. The Balaban J connectivity index is 1.64. The van der Waals surface area contributed by atoms with Crippen LogP contribution in [0.2, 0.25) is 0 Å². The molecule has 0 saturated carbocycles. The second-order valence-corrected chi connectivity index (χ2v) is 6.50. The van der Waals surface area contributed by atoms with E-state index in [1.165, 1.54) is 4.90 Å². The molecule has 0 unspecified atom stereocenters. The van der Waals surface area contributed by atoms with Crippen LogP contribution < -0.4 is 15.6 Å². The highest BCUT2D eigenvalue weighted by molar-refractivity contribution is 6.01. The fraction of sp³-hybridized carbons (Fsp3) is 0.444. The van der Waals surface area contributed by atoms with Gasteiger partial charge in [0.2, 0.25) is 11.8 Å². The molecule has 1 heterocycles. The molecule has 0 spiro atoms. The summed E-state index contributed by atoms with van der Waals surface area (Å²) >= 11 is 0. The summed E-state index contributed by atoms with van der Waals surface area (Å²) in [5, 5.41) is 0. The number of ether oxygens (including phenoxy) is 1. The number of nitrogens with one attached hydrogen (secondary N) is 2. The quantitative estimate of drug-likeness (QED) is 0.532. The Kier molecular flexibility index (Phi) is 6.75. The first-order valence-corrected chi connectivity index (χ1v) is 8.60. The van der Waals surface area contributed by atoms with Gasteiger partial charge < -0.3 is 9.64 Å². The minimum Gasteiger partial charge on any atom is -0.484 e. The molecule has 1 aliphatic rings. The number of imide groups is 1. The summed E-state index contributed by atoms with van der Waals surface area (Å²) in [5.74, 6) is -0.602. The van der Waals surface area contributed by atoms with E-state index in [9.17, 15) is 19.2 Å². The van der Waals surface area contributed by atoms with Crippen molar-refractivity contribution in [2.75, 3.05) is 26.7 Å². The van der Waals surface area contributed by atoms with E-state index in [2.05, 4.69) is 10.9 Å². The number of nitrogens with zero attached hydrogens (tertiary/aromatic N) is 2. The highest BCUT2D eigenvalue weighted by atomic mass is 16.5. The highest BCUT2D eigenvalue weighted by Crippen LogP contribution is 2.15. The number of hydrogen-bond donors (Lipinski definition) is 2. The number of carbonyl (C=O) groups is 4. The normalized spacial score (nSPS) is 13.7. The lowest BCUT2D eigenvalue weighted by molar-refractivity contribution is -0.130. The zero-order valence-corrected chi connectivity index (χ0v) is 15.7. The van der Waals surface area contributed by atoms with E-state index in [4.69, 9.17) is 4.74 Å². The van der Waals surface area contributed by atoms with Gasteiger partial charge in [-0.2, -0.15) is 0 Å². The van der Waals surface area contributed by atoms with E-state index in [-0.39, 0.29) is 38.1 Å². The van der Waals surface area contributed by atoms with Crippen LogP contribution >= 0.6 is 0 Å². The van der Waals surface area contributed by atoms with Gasteiger partial charge in [0, 0.05) is 20.0 Å². The Labute approximate surface area is 157 Å². The molecule has 1 aromatic rings. The number of carbonyl (C=O) groups excluding carboxylic acids is 4. The van der Waals surface area contributed by atoms with Crippen LogP contribution in [0.25, 0.3) is 0 Å². The molecule has 27 heavy (non-hydrogen) atoms. The standard InChI is InChI=1S/C18H24N4O5/c1-12-7-13(2)9-14(8-12)27-11-16(24)20-19-15(23)5-4-6-22-17(25)10-21(3)18(22)26/h7-9H,4-6,10-11H2,1-3H3,(H,19,23)(H,20,24). The van der Waals surface area contributed by atoms with Gasteiger partial charge in [0.15, 0.2) is 6.61 Å². The molecule has 5 amide bonds. The molecule has 0 aromatic heterocycles. The van der Waals surface area contributed by atoms with Crippen LogP contribution in [-0.2, 0) is 14.4 Å². The smallest absolute Gasteiger partial charge is 0.326 e. The zero-order valence-electron chi connectivity index (χ0n) is 15.7. The van der Waals surface area contributed by atoms with Gasteiger partial charge in [0.25, 0.3) is 5.91 Å². The summed E-state index contributed by atoms with van der Waals surface area (Å²) in [4.78, 5) is 49.2. The van der Waals surface area contributed by atoms with Gasteiger partial charge in [-0.15, -0.1) is 0 Å². The molecular weight excluding hydrogens is 352 g/mol. The lowest BCUT2D eigenvalue weighted by Crippen LogP contribution is -2.44. The number of rotatable bonds is 7. The van der Waals surface area contributed by atoms with Gasteiger partial charge in [-0.3, -0.25) is 30.1 Å². The minimum atomic E-state index is -0.492. The van der Waals surface area contributed by atoms with Crippen LogP contribution in [0.15, 0.2) is 18.2 Å². The van der Waals surface area contributed by atoms with Crippen LogP contribution in [0.5, 0.6) is 5.75 Å². The monoisotopic (exact) mass is 376 g/mol. The third-order valence-corrected chi connectivity index (χ3v) is 3.92. The van der Waals surface area contributed by atoms with Crippen LogP contribution in [0.3, 0.4) is 0 Å². The first kappa shape index (κ1) is 20.2. The van der Waals surface area contributed by atoms with Gasteiger partial charge in [-0.25, -0.2) is 4.79 Å². The Morgan fingerprint density at radius 2 is 1.70 bits per heavy atom. The summed E-state index contributed by atoms with van der Waals surface area (Å²) in [5.41, 5.74) is 6.60. The van der Waals surface area contributed by atoms with Gasteiger partial charge in [0.1, 0.15) is 12.3 Å². The fourth-order valence-corrected chi connectivity index (χ4v) is 2.69. The average Bonchev–Trinajstić information content (AvgIpc) is 2.83. The molecule has 0 aliphatic carbocycles. The molecule has 0 atom stereocenters. The first-order valence-electron chi connectivity index (χ1n) is 8.60. The number of benzene rings is 1. The van der Waals surface area contributed by atoms with Crippen molar-refractivity contribution in [2.45, 2.75) is 26.7 Å². The number of amides is 5. The van der Waals surface area contributed by atoms with Crippen molar-refractivity contribution in [1.29, 1.82) is 0 Å².